The fourth-order valence-corrected chi connectivity index (χ4v) is 3.72. The second kappa shape index (κ2) is 8.09. The molecule has 0 radical (unpaired) electrons. The molecule has 0 aliphatic rings. The minimum atomic E-state index is -3.82. The Balaban J connectivity index is 1.73. The summed E-state index contributed by atoms with van der Waals surface area (Å²) in [5.41, 5.74) is 1.20. The van der Waals surface area contributed by atoms with E-state index < -0.39 is 16.1 Å². The van der Waals surface area contributed by atoms with Crippen molar-refractivity contribution in [1.82, 2.24) is 14.9 Å². The molecule has 0 fully saturated rings. The van der Waals surface area contributed by atoms with Crippen LogP contribution >= 0.6 is 11.6 Å². The fraction of sp³-hybridized carbons (Fsp3) is 0.167. The van der Waals surface area contributed by atoms with Gasteiger partial charge in [-0.1, -0.05) is 16.8 Å². The van der Waals surface area contributed by atoms with Gasteiger partial charge in [0.1, 0.15) is 0 Å². The highest BCUT2D eigenvalue weighted by atomic mass is 35.5. The highest BCUT2D eigenvalue weighted by Crippen LogP contribution is 2.22. The molecule has 28 heavy (non-hydrogen) atoms. The Morgan fingerprint density at radius 3 is 2.36 bits per heavy atom. The van der Waals surface area contributed by atoms with E-state index in [-0.39, 0.29) is 16.7 Å². The van der Waals surface area contributed by atoms with Crippen molar-refractivity contribution in [3.63, 3.8) is 0 Å². The third-order valence-electron chi connectivity index (χ3n) is 3.73. The summed E-state index contributed by atoms with van der Waals surface area (Å²) >= 11 is 5.86. The molecule has 0 aliphatic heterocycles. The van der Waals surface area contributed by atoms with Crippen molar-refractivity contribution in [3.05, 3.63) is 59.4 Å². The van der Waals surface area contributed by atoms with Gasteiger partial charge in [0, 0.05) is 23.2 Å². The lowest BCUT2D eigenvalue weighted by Gasteiger charge is -2.11. The second-order valence-corrected chi connectivity index (χ2v) is 8.16. The van der Waals surface area contributed by atoms with Gasteiger partial charge in [-0.3, -0.25) is 4.79 Å². The number of hydrogen-bond donors (Lipinski definition) is 2. The van der Waals surface area contributed by atoms with E-state index in [1.807, 2.05) is 0 Å². The molecule has 1 heterocycles. The molecule has 1 amide bonds. The summed E-state index contributed by atoms with van der Waals surface area (Å²) in [6.07, 6.45) is 0. The highest BCUT2D eigenvalue weighted by Gasteiger charge is 2.22. The zero-order valence-corrected chi connectivity index (χ0v) is 16.6. The SMILES string of the molecule is CC(=O)Nc1ccc(S(=O)(=O)NC(C)c2nc(-c3ccc(Cl)cc3)no2)cc1. The summed E-state index contributed by atoms with van der Waals surface area (Å²) in [5.74, 6) is 0.219. The number of amides is 1. The minimum absolute atomic E-state index is 0.0471. The molecule has 0 aliphatic carbocycles. The van der Waals surface area contributed by atoms with Crippen LogP contribution in [0.2, 0.25) is 5.02 Å². The van der Waals surface area contributed by atoms with Gasteiger partial charge in [-0.05, 0) is 55.5 Å². The lowest BCUT2D eigenvalue weighted by atomic mass is 10.2. The van der Waals surface area contributed by atoms with Gasteiger partial charge in [0.15, 0.2) is 0 Å². The summed E-state index contributed by atoms with van der Waals surface area (Å²) in [6.45, 7) is 2.97. The van der Waals surface area contributed by atoms with Crippen molar-refractivity contribution in [2.75, 3.05) is 5.32 Å². The third-order valence-corrected chi connectivity index (χ3v) is 5.54. The summed E-state index contributed by atoms with van der Waals surface area (Å²) in [4.78, 5) is 15.3. The van der Waals surface area contributed by atoms with Crippen molar-refractivity contribution < 1.29 is 17.7 Å². The monoisotopic (exact) mass is 420 g/mol. The molecule has 2 N–H and O–H groups in total. The maximum atomic E-state index is 12.6. The number of rotatable bonds is 6. The predicted octanol–water partition coefficient (Wildman–Crippen LogP) is 3.39. The van der Waals surface area contributed by atoms with Crippen LogP contribution in [0, 0.1) is 0 Å². The van der Waals surface area contributed by atoms with E-state index in [0.29, 0.717) is 22.1 Å². The first-order valence-corrected chi connectivity index (χ1v) is 10.1. The van der Waals surface area contributed by atoms with Crippen LogP contribution in [0.4, 0.5) is 5.69 Å². The van der Waals surface area contributed by atoms with Crippen LogP contribution in [0.25, 0.3) is 11.4 Å². The molecule has 0 saturated heterocycles. The molecule has 3 aromatic rings. The maximum absolute atomic E-state index is 12.6. The largest absolute Gasteiger partial charge is 0.337 e. The van der Waals surface area contributed by atoms with Crippen LogP contribution in [0.5, 0.6) is 0 Å². The standard InChI is InChI=1S/C18H17ClN4O4S/c1-11(18-21-17(22-27-18)13-3-5-14(19)6-4-13)23-28(25,26)16-9-7-15(8-10-16)20-12(2)24/h3-11,23H,1-2H3,(H,20,24). The number of nitrogens with one attached hydrogen (secondary N) is 2. The highest BCUT2D eigenvalue weighted by molar-refractivity contribution is 7.89. The second-order valence-electron chi connectivity index (χ2n) is 6.01. The van der Waals surface area contributed by atoms with Gasteiger partial charge in [0.05, 0.1) is 10.9 Å². The molecule has 0 saturated carbocycles. The normalized spacial score (nSPS) is 12.5. The zero-order chi connectivity index (χ0) is 20.3. The predicted molar refractivity (Wildman–Crippen MR) is 104 cm³/mol. The molecule has 10 heteroatoms. The number of anilines is 1. The van der Waals surface area contributed by atoms with E-state index in [4.69, 9.17) is 16.1 Å². The number of benzene rings is 2. The van der Waals surface area contributed by atoms with Crippen molar-refractivity contribution in [1.29, 1.82) is 0 Å². The summed E-state index contributed by atoms with van der Waals surface area (Å²) in [7, 11) is -3.82. The van der Waals surface area contributed by atoms with Gasteiger partial charge in [-0.15, -0.1) is 0 Å². The third kappa shape index (κ3) is 4.75. The minimum Gasteiger partial charge on any atom is -0.337 e. The molecule has 1 unspecified atom stereocenters. The molecule has 1 atom stereocenters. The number of aromatic nitrogens is 2. The number of sulfonamides is 1. The maximum Gasteiger partial charge on any atom is 0.244 e. The Labute approximate surface area is 167 Å². The molecule has 0 spiro atoms. The van der Waals surface area contributed by atoms with Gasteiger partial charge >= 0.3 is 0 Å². The van der Waals surface area contributed by atoms with E-state index >= 15 is 0 Å². The quantitative estimate of drug-likeness (QED) is 0.631. The molecular weight excluding hydrogens is 404 g/mol. The van der Waals surface area contributed by atoms with Gasteiger partial charge in [-0.2, -0.15) is 9.71 Å². The molecule has 0 bridgehead atoms. The molecule has 1 aromatic heterocycles. The smallest absolute Gasteiger partial charge is 0.244 e. The lowest BCUT2D eigenvalue weighted by Crippen LogP contribution is -2.27. The van der Waals surface area contributed by atoms with E-state index in [9.17, 15) is 13.2 Å². The average molecular weight is 421 g/mol. The first kappa shape index (κ1) is 20.0. The van der Waals surface area contributed by atoms with Crippen molar-refractivity contribution in [3.8, 4) is 11.4 Å². The molecule has 2 aromatic carbocycles. The van der Waals surface area contributed by atoms with Gasteiger partial charge in [0.25, 0.3) is 0 Å². The number of carbonyl (C=O) groups excluding carboxylic acids is 1. The Hall–Kier alpha value is -2.75. The van der Waals surface area contributed by atoms with Crippen LogP contribution in [0.15, 0.2) is 57.9 Å². The summed E-state index contributed by atoms with van der Waals surface area (Å²) in [6, 6.07) is 11.9. The topological polar surface area (TPSA) is 114 Å². The summed E-state index contributed by atoms with van der Waals surface area (Å²) in [5, 5.41) is 7.03. The molecule has 146 valence electrons. The van der Waals surface area contributed by atoms with Crippen LogP contribution in [-0.2, 0) is 14.8 Å². The Morgan fingerprint density at radius 1 is 1.11 bits per heavy atom. The average Bonchev–Trinajstić information content (AvgIpc) is 3.12. The van der Waals surface area contributed by atoms with Crippen molar-refractivity contribution in [2.24, 2.45) is 0 Å². The van der Waals surface area contributed by atoms with E-state index in [1.165, 1.54) is 31.2 Å². The van der Waals surface area contributed by atoms with Crippen molar-refractivity contribution >= 4 is 33.2 Å². The Bertz CT molecular complexity index is 1080. The Kier molecular flexibility index (Phi) is 5.78. The van der Waals surface area contributed by atoms with Crippen LogP contribution in [0.3, 0.4) is 0 Å². The molecule has 3 rings (SSSR count). The first-order chi connectivity index (χ1) is 13.2. The first-order valence-electron chi connectivity index (χ1n) is 8.24. The van der Waals surface area contributed by atoms with Gasteiger partial charge in [0.2, 0.25) is 27.6 Å². The van der Waals surface area contributed by atoms with Crippen molar-refractivity contribution in [2.45, 2.75) is 24.8 Å². The molecular formula is C18H17ClN4O4S. The van der Waals surface area contributed by atoms with E-state index in [1.54, 1.807) is 31.2 Å². The number of carbonyl (C=O) groups is 1. The van der Waals surface area contributed by atoms with E-state index in [0.717, 1.165) is 0 Å². The van der Waals surface area contributed by atoms with Crippen LogP contribution < -0.4 is 10.0 Å². The van der Waals surface area contributed by atoms with Gasteiger partial charge < -0.3 is 9.84 Å². The number of hydrogen-bond acceptors (Lipinski definition) is 6. The van der Waals surface area contributed by atoms with Gasteiger partial charge in [-0.25, -0.2) is 8.42 Å². The van der Waals surface area contributed by atoms with E-state index in [2.05, 4.69) is 20.2 Å². The zero-order valence-electron chi connectivity index (χ0n) is 15.0. The molecule has 8 nitrogen and oxygen atoms in total. The number of halogens is 1. The lowest BCUT2D eigenvalue weighted by molar-refractivity contribution is -0.114. The van der Waals surface area contributed by atoms with Crippen LogP contribution in [-0.4, -0.2) is 24.5 Å². The fourth-order valence-electron chi connectivity index (χ4n) is 2.40. The number of nitrogens with zero attached hydrogens (tertiary/aromatic N) is 2. The van der Waals surface area contributed by atoms with Crippen LogP contribution in [0.1, 0.15) is 25.8 Å². The Morgan fingerprint density at radius 2 is 1.75 bits per heavy atom. The summed E-state index contributed by atoms with van der Waals surface area (Å²) < 4.78 is 32.8.